The number of carbonyl (C=O) groups excluding carboxylic acids is 1. The lowest BCUT2D eigenvalue weighted by Crippen LogP contribution is -2.50. The number of amides is 1. The highest BCUT2D eigenvalue weighted by Crippen LogP contribution is 2.18. The molecule has 2 fully saturated rings. The van der Waals surface area contributed by atoms with Crippen molar-refractivity contribution in [2.75, 3.05) is 45.8 Å². The molecule has 0 aromatic rings. The van der Waals surface area contributed by atoms with Gasteiger partial charge in [-0.25, -0.2) is 0 Å². The molecule has 2 rings (SSSR count). The predicted octanol–water partition coefficient (Wildman–Crippen LogP) is 0.881. The maximum Gasteiger partial charge on any atom is 0.209 e. The van der Waals surface area contributed by atoms with Gasteiger partial charge in [0.2, 0.25) is 6.41 Å². The molecular formula is C14H27N3O. The van der Waals surface area contributed by atoms with Crippen LogP contribution in [0, 0.1) is 5.92 Å². The molecule has 2 saturated heterocycles. The molecule has 1 amide bonds. The molecule has 0 N–H and O–H groups in total. The molecule has 0 bridgehead atoms. The molecule has 0 unspecified atom stereocenters. The van der Waals surface area contributed by atoms with Gasteiger partial charge < -0.3 is 9.80 Å². The van der Waals surface area contributed by atoms with Crippen LogP contribution in [-0.4, -0.2) is 73.0 Å². The molecule has 0 saturated carbocycles. The van der Waals surface area contributed by atoms with Crippen molar-refractivity contribution in [1.29, 1.82) is 0 Å². The van der Waals surface area contributed by atoms with E-state index in [0.717, 1.165) is 25.4 Å². The van der Waals surface area contributed by atoms with Gasteiger partial charge in [-0.3, -0.25) is 9.69 Å². The van der Waals surface area contributed by atoms with E-state index in [2.05, 4.69) is 23.6 Å². The Morgan fingerprint density at radius 2 is 1.67 bits per heavy atom. The van der Waals surface area contributed by atoms with Crippen molar-refractivity contribution >= 4 is 6.41 Å². The summed E-state index contributed by atoms with van der Waals surface area (Å²) in [5.41, 5.74) is 0. The Bertz CT molecular complexity index is 254. The molecule has 104 valence electrons. The molecule has 2 aliphatic heterocycles. The summed E-state index contributed by atoms with van der Waals surface area (Å²) in [6, 6.07) is 0.683. The fourth-order valence-electron chi connectivity index (χ4n) is 3.07. The smallest absolute Gasteiger partial charge is 0.209 e. The number of hydrogen-bond donors (Lipinski definition) is 0. The van der Waals surface area contributed by atoms with Crippen LogP contribution in [0.5, 0.6) is 0 Å². The summed E-state index contributed by atoms with van der Waals surface area (Å²) in [5.74, 6) is 0.798. The van der Waals surface area contributed by atoms with Crippen molar-refractivity contribution in [2.45, 2.75) is 32.7 Å². The molecule has 2 heterocycles. The van der Waals surface area contributed by atoms with Crippen molar-refractivity contribution in [3.8, 4) is 0 Å². The number of nitrogens with zero attached hydrogens (tertiary/aromatic N) is 3. The molecule has 0 aliphatic carbocycles. The zero-order valence-electron chi connectivity index (χ0n) is 11.8. The van der Waals surface area contributed by atoms with E-state index in [1.807, 2.05) is 4.90 Å². The van der Waals surface area contributed by atoms with Crippen molar-refractivity contribution in [3.05, 3.63) is 0 Å². The zero-order chi connectivity index (χ0) is 13.0. The number of carbonyl (C=O) groups is 1. The lowest BCUT2D eigenvalue weighted by atomic mass is 9.96. The van der Waals surface area contributed by atoms with Crippen LogP contribution in [-0.2, 0) is 4.79 Å². The number of rotatable bonds is 4. The first-order chi connectivity index (χ1) is 8.69. The number of likely N-dealkylation sites (tertiary alicyclic amines) is 1. The summed E-state index contributed by atoms with van der Waals surface area (Å²) < 4.78 is 0. The van der Waals surface area contributed by atoms with Gasteiger partial charge >= 0.3 is 0 Å². The van der Waals surface area contributed by atoms with Gasteiger partial charge in [0.1, 0.15) is 0 Å². The lowest BCUT2D eigenvalue weighted by Gasteiger charge is -2.39. The van der Waals surface area contributed by atoms with Gasteiger partial charge in [0.05, 0.1) is 0 Å². The lowest BCUT2D eigenvalue weighted by molar-refractivity contribution is -0.119. The Labute approximate surface area is 111 Å². The van der Waals surface area contributed by atoms with E-state index in [1.54, 1.807) is 0 Å². The normalized spacial score (nSPS) is 24.7. The summed E-state index contributed by atoms with van der Waals surface area (Å²) in [6.45, 7) is 12.6. The van der Waals surface area contributed by atoms with Crippen LogP contribution in [0.2, 0.25) is 0 Å². The quantitative estimate of drug-likeness (QED) is 0.696. The zero-order valence-corrected chi connectivity index (χ0v) is 11.8. The van der Waals surface area contributed by atoms with Crippen LogP contribution in [0.1, 0.15) is 26.7 Å². The highest BCUT2D eigenvalue weighted by Gasteiger charge is 2.23. The van der Waals surface area contributed by atoms with Crippen molar-refractivity contribution in [1.82, 2.24) is 14.7 Å². The molecule has 0 radical (unpaired) electrons. The summed E-state index contributed by atoms with van der Waals surface area (Å²) >= 11 is 0. The van der Waals surface area contributed by atoms with E-state index in [-0.39, 0.29) is 0 Å². The third kappa shape index (κ3) is 3.69. The van der Waals surface area contributed by atoms with E-state index in [1.165, 1.54) is 45.6 Å². The average molecular weight is 253 g/mol. The van der Waals surface area contributed by atoms with Crippen molar-refractivity contribution < 1.29 is 4.79 Å². The predicted molar refractivity (Wildman–Crippen MR) is 73.5 cm³/mol. The van der Waals surface area contributed by atoms with Crippen LogP contribution in [0.25, 0.3) is 0 Å². The summed E-state index contributed by atoms with van der Waals surface area (Å²) in [4.78, 5) is 17.7. The van der Waals surface area contributed by atoms with Crippen LogP contribution in [0.3, 0.4) is 0 Å². The Morgan fingerprint density at radius 3 is 2.17 bits per heavy atom. The molecule has 4 heteroatoms. The first-order valence-corrected chi connectivity index (χ1v) is 7.35. The first-order valence-electron chi connectivity index (χ1n) is 7.35. The summed E-state index contributed by atoms with van der Waals surface area (Å²) in [6.07, 6.45) is 3.36. The van der Waals surface area contributed by atoms with Crippen molar-refractivity contribution in [2.24, 2.45) is 5.92 Å². The Kier molecular flexibility index (Phi) is 5.01. The third-order valence-corrected chi connectivity index (χ3v) is 4.45. The minimum absolute atomic E-state index is 0.683. The molecule has 0 aromatic carbocycles. The Hall–Kier alpha value is -0.610. The van der Waals surface area contributed by atoms with E-state index >= 15 is 0 Å². The van der Waals surface area contributed by atoms with E-state index in [0.29, 0.717) is 6.04 Å². The van der Waals surface area contributed by atoms with Crippen LogP contribution >= 0.6 is 0 Å². The second-order valence-electron chi connectivity index (χ2n) is 6.02. The largest absolute Gasteiger partial charge is 0.345 e. The molecular weight excluding hydrogens is 226 g/mol. The van der Waals surface area contributed by atoms with Gasteiger partial charge in [0.15, 0.2) is 0 Å². The van der Waals surface area contributed by atoms with E-state index in [4.69, 9.17) is 0 Å². The minimum Gasteiger partial charge on any atom is -0.345 e. The average Bonchev–Trinajstić information content (AvgIpc) is 2.40. The maximum absolute atomic E-state index is 10.7. The minimum atomic E-state index is 0.683. The van der Waals surface area contributed by atoms with Crippen LogP contribution < -0.4 is 0 Å². The Morgan fingerprint density at radius 1 is 1.06 bits per heavy atom. The third-order valence-electron chi connectivity index (χ3n) is 4.45. The first kappa shape index (κ1) is 13.8. The van der Waals surface area contributed by atoms with Crippen LogP contribution in [0.15, 0.2) is 0 Å². The fourth-order valence-corrected chi connectivity index (χ4v) is 3.07. The topological polar surface area (TPSA) is 26.8 Å². The molecule has 0 atom stereocenters. The monoisotopic (exact) mass is 253 g/mol. The number of piperidine rings is 1. The van der Waals surface area contributed by atoms with Gasteiger partial charge in [-0.1, -0.05) is 0 Å². The van der Waals surface area contributed by atoms with Gasteiger partial charge in [0, 0.05) is 51.9 Å². The molecule has 0 aromatic heterocycles. The van der Waals surface area contributed by atoms with Gasteiger partial charge in [0.25, 0.3) is 0 Å². The SMILES string of the molecule is CC(C)N1CCN(CC2CCN(C=O)CC2)CC1. The second-order valence-corrected chi connectivity index (χ2v) is 6.02. The fraction of sp³-hybridized carbons (Fsp3) is 0.929. The molecule has 0 spiro atoms. The molecule has 18 heavy (non-hydrogen) atoms. The number of piperazine rings is 1. The summed E-state index contributed by atoms with van der Waals surface area (Å²) in [7, 11) is 0. The van der Waals surface area contributed by atoms with Gasteiger partial charge in [-0.05, 0) is 32.6 Å². The molecule has 4 nitrogen and oxygen atoms in total. The number of hydrogen-bond acceptors (Lipinski definition) is 3. The van der Waals surface area contributed by atoms with Gasteiger partial charge in [-0.15, -0.1) is 0 Å². The van der Waals surface area contributed by atoms with E-state index < -0.39 is 0 Å². The Balaban J connectivity index is 1.67. The molecule has 2 aliphatic rings. The van der Waals surface area contributed by atoms with Crippen molar-refractivity contribution in [3.63, 3.8) is 0 Å². The van der Waals surface area contributed by atoms with Gasteiger partial charge in [-0.2, -0.15) is 0 Å². The maximum atomic E-state index is 10.7. The van der Waals surface area contributed by atoms with E-state index in [9.17, 15) is 4.79 Å². The standard InChI is InChI=1S/C14H27N3O/c1-13(2)17-9-7-15(8-10-17)11-14-3-5-16(12-18)6-4-14/h12-14H,3-11H2,1-2H3. The van der Waals surface area contributed by atoms with Crippen LogP contribution in [0.4, 0.5) is 0 Å². The highest BCUT2D eigenvalue weighted by molar-refractivity contribution is 5.47. The summed E-state index contributed by atoms with van der Waals surface area (Å²) in [5, 5.41) is 0. The second kappa shape index (κ2) is 6.53. The highest BCUT2D eigenvalue weighted by atomic mass is 16.1.